The molecule has 0 amide bonds. The van der Waals surface area contributed by atoms with Gasteiger partial charge in [-0.1, -0.05) is 12.1 Å². The van der Waals surface area contributed by atoms with Gasteiger partial charge in [-0.15, -0.1) is 0 Å². The van der Waals surface area contributed by atoms with Crippen molar-refractivity contribution in [1.29, 1.82) is 0 Å². The van der Waals surface area contributed by atoms with Crippen LogP contribution in [0.3, 0.4) is 0 Å². The number of benzene rings is 1. The van der Waals surface area contributed by atoms with Gasteiger partial charge < -0.3 is 9.90 Å². The molecular weight excluding hydrogens is 247 g/mol. The molecular formula is C12H10F3NO2. The van der Waals surface area contributed by atoms with Crippen molar-refractivity contribution >= 4 is 16.9 Å². The molecule has 6 heteroatoms. The van der Waals surface area contributed by atoms with Gasteiger partial charge in [0.05, 0.1) is 0 Å². The lowest BCUT2D eigenvalue weighted by Gasteiger charge is -2.03. The van der Waals surface area contributed by atoms with Crippen LogP contribution in [0.4, 0.5) is 13.2 Å². The molecule has 1 aromatic heterocycles. The fraction of sp³-hybridized carbons (Fsp3) is 0.167. The maximum atomic E-state index is 10.5. The van der Waals surface area contributed by atoms with E-state index in [1.54, 1.807) is 0 Å². The van der Waals surface area contributed by atoms with Crippen LogP contribution in [0.1, 0.15) is 0 Å². The Hall–Kier alpha value is -2.11. The Kier molecular flexibility index (Phi) is 4.25. The smallest absolute Gasteiger partial charge is 0.430 e. The molecule has 0 aliphatic rings. The largest absolute Gasteiger partial charge is 0.542 e. The molecule has 0 unspecified atom stereocenters. The van der Waals surface area contributed by atoms with Crippen molar-refractivity contribution in [3.8, 4) is 0 Å². The van der Waals surface area contributed by atoms with Gasteiger partial charge in [-0.05, 0) is 12.1 Å². The SMILES string of the molecule is C[n+]1cccc2ccccc21.O=C([O-])C(F)(F)F. The zero-order valence-electron chi connectivity index (χ0n) is 9.44. The molecule has 0 fully saturated rings. The minimum Gasteiger partial charge on any atom is -0.542 e. The summed E-state index contributed by atoms with van der Waals surface area (Å²) in [5, 5.41) is 10.1. The number of aryl methyl sites for hydroxylation is 1. The molecule has 96 valence electrons. The van der Waals surface area contributed by atoms with E-state index in [-0.39, 0.29) is 0 Å². The highest BCUT2D eigenvalue weighted by atomic mass is 19.4. The number of nitrogens with zero attached hydrogens (tertiary/aromatic N) is 1. The molecule has 0 saturated heterocycles. The number of alkyl halides is 3. The predicted molar refractivity (Wildman–Crippen MR) is 56.2 cm³/mol. The number of aromatic nitrogens is 1. The second-order valence-corrected chi connectivity index (χ2v) is 3.46. The maximum absolute atomic E-state index is 10.5. The maximum Gasteiger partial charge on any atom is 0.430 e. The van der Waals surface area contributed by atoms with Gasteiger partial charge in [0.25, 0.3) is 0 Å². The van der Waals surface area contributed by atoms with Gasteiger partial charge in [0.1, 0.15) is 13.0 Å². The summed E-state index contributed by atoms with van der Waals surface area (Å²) in [6.07, 6.45) is -3.14. The topological polar surface area (TPSA) is 44.0 Å². The van der Waals surface area contributed by atoms with E-state index in [4.69, 9.17) is 9.90 Å². The highest BCUT2D eigenvalue weighted by Gasteiger charge is 2.28. The lowest BCUT2D eigenvalue weighted by Crippen LogP contribution is -2.37. The van der Waals surface area contributed by atoms with Crippen LogP contribution in [0.15, 0.2) is 42.6 Å². The van der Waals surface area contributed by atoms with Gasteiger partial charge in [-0.2, -0.15) is 13.2 Å². The van der Waals surface area contributed by atoms with Gasteiger partial charge in [0.15, 0.2) is 6.20 Å². The summed E-state index contributed by atoms with van der Waals surface area (Å²) in [7, 11) is 2.06. The lowest BCUT2D eigenvalue weighted by molar-refractivity contribution is -0.644. The standard InChI is InChI=1S/C10H10N.C2HF3O2/c1-11-8-4-6-9-5-2-3-7-10(9)11;3-2(4,5)1(6)7/h2-8H,1H3;(H,6,7)/q+1;/p-1. The molecule has 3 nitrogen and oxygen atoms in total. The molecule has 0 aliphatic carbocycles. The number of aliphatic carboxylic acids is 1. The van der Waals surface area contributed by atoms with Crippen LogP contribution >= 0.6 is 0 Å². The summed E-state index contributed by atoms with van der Waals surface area (Å²) < 4.78 is 33.7. The number of carbonyl (C=O) groups is 1. The molecule has 2 rings (SSSR count). The number of hydrogen-bond donors (Lipinski definition) is 0. The van der Waals surface area contributed by atoms with E-state index < -0.39 is 12.1 Å². The molecule has 0 saturated carbocycles. The Balaban J connectivity index is 0.000000203. The second kappa shape index (κ2) is 5.48. The molecule has 0 N–H and O–H groups in total. The van der Waals surface area contributed by atoms with E-state index >= 15 is 0 Å². The normalized spacial score (nSPS) is 10.7. The fourth-order valence-electron chi connectivity index (χ4n) is 1.31. The highest BCUT2D eigenvalue weighted by molar-refractivity contribution is 5.74. The quantitative estimate of drug-likeness (QED) is 0.660. The third-order valence-electron chi connectivity index (χ3n) is 2.13. The first kappa shape index (κ1) is 14.0. The van der Waals surface area contributed by atoms with Crippen LogP contribution in [0.2, 0.25) is 0 Å². The molecule has 0 bridgehead atoms. The van der Waals surface area contributed by atoms with E-state index in [1.807, 2.05) is 0 Å². The Bertz CT molecular complexity index is 547. The van der Waals surface area contributed by atoms with E-state index in [2.05, 4.69) is 54.2 Å². The average Bonchev–Trinajstić information content (AvgIpc) is 2.29. The third kappa shape index (κ3) is 3.73. The lowest BCUT2D eigenvalue weighted by atomic mass is 10.2. The average molecular weight is 257 g/mol. The van der Waals surface area contributed by atoms with E-state index in [1.165, 1.54) is 10.9 Å². The van der Waals surface area contributed by atoms with Crippen molar-refractivity contribution in [3.63, 3.8) is 0 Å². The fourth-order valence-corrected chi connectivity index (χ4v) is 1.31. The highest BCUT2D eigenvalue weighted by Crippen LogP contribution is 2.11. The number of para-hydroxylation sites is 1. The minimum absolute atomic E-state index is 1.27. The molecule has 18 heavy (non-hydrogen) atoms. The predicted octanol–water partition coefficient (Wildman–Crippen LogP) is 0.963. The second-order valence-electron chi connectivity index (χ2n) is 3.46. The summed E-state index contributed by atoms with van der Waals surface area (Å²) in [6, 6.07) is 12.5. The van der Waals surface area contributed by atoms with Crippen molar-refractivity contribution in [2.24, 2.45) is 7.05 Å². The number of carboxylic acid groups (broad SMARTS) is 1. The van der Waals surface area contributed by atoms with E-state index in [0.29, 0.717) is 0 Å². The molecule has 1 aromatic carbocycles. The van der Waals surface area contributed by atoms with Gasteiger partial charge in [-0.3, -0.25) is 0 Å². The summed E-state index contributed by atoms with van der Waals surface area (Å²) in [5.41, 5.74) is 1.27. The first-order valence-electron chi connectivity index (χ1n) is 4.94. The summed E-state index contributed by atoms with van der Waals surface area (Å²) in [6.45, 7) is 0. The molecule has 0 atom stereocenters. The van der Waals surface area contributed by atoms with E-state index in [9.17, 15) is 13.2 Å². The number of carboxylic acids is 1. The van der Waals surface area contributed by atoms with Crippen LogP contribution in [-0.4, -0.2) is 12.1 Å². The van der Waals surface area contributed by atoms with Crippen LogP contribution < -0.4 is 9.67 Å². The number of carbonyl (C=O) groups excluding carboxylic acids is 1. The molecule has 2 aromatic rings. The number of fused-ring (bicyclic) bond motifs is 1. The summed E-state index contributed by atoms with van der Waals surface area (Å²) >= 11 is 0. The zero-order chi connectivity index (χ0) is 13.8. The minimum atomic E-state index is -5.19. The first-order valence-corrected chi connectivity index (χ1v) is 4.94. The molecule has 0 spiro atoms. The van der Waals surface area contributed by atoms with Gasteiger partial charge in [0.2, 0.25) is 5.52 Å². The van der Waals surface area contributed by atoms with Crippen molar-refractivity contribution in [1.82, 2.24) is 0 Å². The third-order valence-corrected chi connectivity index (χ3v) is 2.13. The van der Waals surface area contributed by atoms with Gasteiger partial charge >= 0.3 is 6.18 Å². The Morgan fingerprint density at radius 2 is 1.67 bits per heavy atom. The number of rotatable bonds is 0. The van der Waals surface area contributed by atoms with Crippen molar-refractivity contribution in [2.75, 3.05) is 0 Å². The number of pyridine rings is 1. The monoisotopic (exact) mass is 257 g/mol. The Morgan fingerprint density at radius 1 is 1.17 bits per heavy atom. The van der Waals surface area contributed by atoms with Crippen molar-refractivity contribution in [3.05, 3.63) is 42.6 Å². The summed E-state index contributed by atoms with van der Waals surface area (Å²) in [4.78, 5) is 8.78. The van der Waals surface area contributed by atoms with Crippen LogP contribution in [0.5, 0.6) is 0 Å². The van der Waals surface area contributed by atoms with Gasteiger partial charge in [0, 0.05) is 17.5 Å². The van der Waals surface area contributed by atoms with Crippen LogP contribution in [-0.2, 0) is 11.8 Å². The molecule has 0 aliphatic heterocycles. The molecule has 1 heterocycles. The molecule has 0 radical (unpaired) electrons. The van der Waals surface area contributed by atoms with Gasteiger partial charge in [-0.25, -0.2) is 4.57 Å². The van der Waals surface area contributed by atoms with Crippen molar-refractivity contribution in [2.45, 2.75) is 6.18 Å². The van der Waals surface area contributed by atoms with Crippen LogP contribution in [0.25, 0.3) is 10.9 Å². The zero-order valence-corrected chi connectivity index (χ0v) is 9.44. The van der Waals surface area contributed by atoms with Crippen molar-refractivity contribution < 1.29 is 27.6 Å². The summed E-state index contributed by atoms with van der Waals surface area (Å²) in [5.74, 6) is -3.01. The number of halogens is 3. The van der Waals surface area contributed by atoms with E-state index in [0.717, 1.165) is 0 Å². The first-order chi connectivity index (χ1) is 8.32. The Labute approximate surface area is 101 Å². The number of hydrogen-bond acceptors (Lipinski definition) is 2. The Morgan fingerprint density at radius 3 is 2.17 bits per heavy atom. The van der Waals surface area contributed by atoms with Crippen LogP contribution in [0, 0.1) is 0 Å².